The molecular weight excluding hydrogens is 360 g/mol. The first-order valence-corrected chi connectivity index (χ1v) is 9.64. The molecule has 29 heavy (non-hydrogen) atoms. The van der Waals surface area contributed by atoms with E-state index >= 15 is 0 Å². The van der Waals surface area contributed by atoms with Crippen molar-refractivity contribution in [2.24, 2.45) is 0 Å². The fourth-order valence-corrected chi connectivity index (χ4v) is 3.71. The average molecular weight is 380 g/mol. The molecule has 0 radical (unpaired) electrons. The maximum atomic E-state index is 12.3. The summed E-state index contributed by atoms with van der Waals surface area (Å²) in [6.45, 7) is 0.506. The summed E-state index contributed by atoms with van der Waals surface area (Å²) < 4.78 is 6.01. The lowest BCUT2D eigenvalue weighted by atomic mass is 10.1. The van der Waals surface area contributed by atoms with Gasteiger partial charge in [0, 0.05) is 5.69 Å². The van der Waals surface area contributed by atoms with Gasteiger partial charge in [0.25, 0.3) is 5.91 Å². The highest BCUT2D eigenvalue weighted by atomic mass is 16.5. The topological polar surface area (TPSA) is 50.4 Å². The number of para-hydroxylation sites is 1. The summed E-state index contributed by atoms with van der Waals surface area (Å²) >= 11 is 0. The molecule has 1 aliphatic rings. The van der Waals surface area contributed by atoms with Crippen LogP contribution in [0, 0.1) is 0 Å². The van der Waals surface area contributed by atoms with Crippen LogP contribution in [-0.2, 0) is 6.61 Å². The maximum Gasteiger partial charge on any atom is 0.255 e. The molecule has 0 saturated heterocycles. The van der Waals surface area contributed by atoms with Gasteiger partial charge in [-0.3, -0.25) is 4.79 Å². The van der Waals surface area contributed by atoms with Crippen molar-refractivity contribution < 1.29 is 9.53 Å². The molecule has 1 amide bonds. The van der Waals surface area contributed by atoms with Gasteiger partial charge in [-0.05, 0) is 46.2 Å². The van der Waals surface area contributed by atoms with E-state index in [2.05, 4.69) is 41.0 Å². The van der Waals surface area contributed by atoms with Crippen molar-refractivity contribution in [3.05, 3.63) is 108 Å². The van der Waals surface area contributed by atoms with Crippen molar-refractivity contribution in [2.75, 3.05) is 5.32 Å². The third-order valence-corrected chi connectivity index (χ3v) is 5.23. The first-order valence-electron chi connectivity index (χ1n) is 9.64. The molecule has 2 N–H and O–H groups in total. The second-order valence-electron chi connectivity index (χ2n) is 7.09. The maximum absolute atomic E-state index is 12.3. The number of hydrogen-bond donors (Lipinski definition) is 2. The van der Waals surface area contributed by atoms with Gasteiger partial charge < -0.3 is 15.4 Å². The Kier molecular flexibility index (Phi) is 4.37. The minimum absolute atomic E-state index is 0.0689. The van der Waals surface area contributed by atoms with E-state index in [4.69, 9.17) is 4.74 Å². The summed E-state index contributed by atoms with van der Waals surface area (Å²) in [7, 11) is 0. The van der Waals surface area contributed by atoms with E-state index in [1.807, 2.05) is 60.7 Å². The number of carbonyl (C=O) groups is 1. The van der Waals surface area contributed by atoms with Crippen molar-refractivity contribution in [3.63, 3.8) is 0 Å². The molecule has 142 valence electrons. The Labute approximate surface area is 169 Å². The number of rotatable bonds is 4. The molecule has 4 aromatic carbocycles. The zero-order valence-electron chi connectivity index (χ0n) is 15.8. The summed E-state index contributed by atoms with van der Waals surface area (Å²) in [6.07, 6.45) is -0.260. The highest BCUT2D eigenvalue weighted by Crippen LogP contribution is 2.27. The van der Waals surface area contributed by atoms with Gasteiger partial charge in [-0.1, -0.05) is 66.7 Å². The number of carbonyl (C=O) groups excluding carboxylic acids is 1. The predicted octanol–water partition coefficient (Wildman–Crippen LogP) is 5.27. The Morgan fingerprint density at radius 2 is 1.52 bits per heavy atom. The molecule has 4 aromatic rings. The Hall–Kier alpha value is -3.79. The summed E-state index contributed by atoms with van der Waals surface area (Å²) in [4.78, 5) is 12.3. The van der Waals surface area contributed by atoms with Crippen LogP contribution in [0.5, 0.6) is 5.75 Å². The van der Waals surface area contributed by atoms with Gasteiger partial charge in [0.2, 0.25) is 0 Å². The number of amides is 1. The van der Waals surface area contributed by atoms with Crippen LogP contribution in [0.25, 0.3) is 10.8 Å². The van der Waals surface area contributed by atoms with Crippen LogP contribution < -0.4 is 15.4 Å². The summed E-state index contributed by atoms with van der Waals surface area (Å²) in [6, 6.07) is 29.9. The van der Waals surface area contributed by atoms with Gasteiger partial charge in [0.05, 0.1) is 5.56 Å². The van der Waals surface area contributed by atoms with Crippen molar-refractivity contribution >= 4 is 22.4 Å². The van der Waals surface area contributed by atoms with Crippen molar-refractivity contribution in [1.29, 1.82) is 0 Å². The summed E-state index contributed by atoms with van der Waals surface area (Å²) in [5.74, 6) is 0.727. The molecule has 5 rings (SSSR count). The second-order valence-corrected chi connectivity index (χ2v) is 7.09. The van der Waals surface area contributed by atoms with E-state index in [0.29, 0.717) is 12.2 Å². The largest absolute Gasteiger partial charge is 0.489 e. The lowest BCUT2D eigenvalue weighted by molar-refractivity contribution is 0.0935. The molecular formula is C25H20N2O2. The van der Waals surface area contributed by atoms with Crippen LogP contribution >= 0.6 is 0 Å². The van der Waals surface area contributed by atoms with Crippen LogP contribution in [0.15, 0.2) is 91.0 Å². The molecule has 0 aliphatic carbocycles. The molecule has 4 heteroatoms. The highest BCUT2D eigenvalue weighted by molar-refractivity contribution is 6.01. The van der Waals surface area contributed by atoms with Crippen LogP contribution in [0.1, 0.15) is 27.7 Å². The second kappa shape index (κ2) is 7.32. The predicted molar refractivity (Wildman–Crippen MR) is 115 cm³/mol. The molecule has 1 heterocycles. The van der Waals surface area contributed by atoms with E-state index in [-0.39, 0.29) is 12.1 Å². The molecule has 0 aromatic heterocycles. The molecule has 1 atom stereocenters. The van der Waals surface area contributed by atoms with E-state index in [0.717, 1.165) is 22.6 Å². The summed E-state index contributed by atoms with van der Waals surface area (Å²) in [5, 5.41) is 8.78. The Morgan fingerprint density at radius 3 is 2.41 bits per heavy atom. The van der Waals surface area contributed by atoms with E-state index in [9.17, 15) is 4.79 Å². The molecule has 1 aliphatic heterocycles. The number of ether oxygens (including phenoxy) is 1. The molecule has 0 spiro atoms. The smallest absolute Gasteiger partial charge is 0.255 e. The minimum Gasteiger partial charge on any atom is -0.489 e. The Bertz CT molecular complexity index is 1180. The van der Waals surface area contributed by atoms with Gasteiger partial charge in [-0.25, -0.2) is 0 Å². The van der Waals surface area contributed by atoms with Gasteiger partial charge in [-0.2, -0.15) is 0 Å². The van der Waals surface area contributed by atoms with Crippen LogP contribution in [0.4, 0.5) is 5.69 Å². The van der Waals surface area contributed by atoms with E-state index < -0.39 is 0 Å². The number of fused-ring (bicyclic) bond motifs is 2. The standard InChI is InChI=1S/C25H20N2O2/c28-25-22-10-3-4-11-23(22)26-24(27-25)18-12-14-20(15-13-18)29-16-19-8-5-7-17-6-1-2-9-21(17)19/h1-15,24,26H,16H2,(H,27,28)/t24-/m0/s1. The monoisotopic (exact) mass is 380 g/mol. The summed E-state index contributed by atoms with van der Waals surface area (Å²) in [5.41, 5.74) is 3.65. The Morgan fingerprint density at radius 1 is 0.759 bits per heavy atom. The first-order chi connectivity index (χ1) is 14.3. The number of anilines is 1. The third kappa shape index (κ3) is 3.41. The zero-order chi connectivity index (χ0) is 19.6. The third-order valence-electron chi connectivity index (χ3n) is 5.23. The molecule has 0 fully saturated rings. The number of nitrogens with one attached hydrogen (secondary N) is 2. The molecule has 0 unspecified atom stereocenters. The lowest BCUT2D eigenvalue weighted by Gasteiger charge is -2.28. The molecule has 0 saturated carbocycles. The van der Waals surface area contributed by atoms with Crippen molar-refractivity contribution in [2.45, 2.75) is 12.8 Å². The van der Waals surface area contributed by atoms with Gasteiger partial charge >= 0.3 is 0 Å². The van der Waals surface area contributed by atoms with Crippen LogP contribution in [-0.4, -0.2) is 5.91 Å². The normalized spacial score (nSPS) is 15.3. The fraction of sp³-hybridized carbons (Fsp3) is 0.0800. The van der Waals surface area contributed by atoms with Crippen molar-refractivity contribution in [3.8, 4) is 5.75 Å². The van der Waals surface area contributed by atoms with Gasteiger partial charge in [0.1, 0.15) is 18.5 Å². The number of benzene rings is 4. The van der Waals surface area contributed by atoms with Crippen LogP contribution in [0.2, 0.25) is 0 Å². The van der Waals surface area contributed by atoms with Gasteiger partial charge in [0.15, 0.2) is 0 Å². The average Bonchev–Trinajstić information content (AvgIpc) is 2.78. The lowest BCUT2D eigenvalue weighted by Crippen LogP contribution is -2.38. The first kappa shape index (κ1) is 17.3. The minimum atomic E-state index is -0.260. The molecule has 0 bridgehead atoms. The van der Waals surface area contributed by atoms with Gasteiger partial charge in [-0.15, -0.1) is 0 Å². The highest BCUT2D eigenvalue weighted by Gasteiger charge is 2.23. The molecule has 4 nitrogen and oxygen atoms in total. The van der Waals surface area contributed by atoms with Crippen molar-refractivity contribution in [1.82, 2.24) is 5.32 Å². The number of hydrogen-bond acceptors (Lipinski definition) is 3. The van der Waals surface area contributed by atoms with E-state index in [1.54, 1.807) is 0 Å². The SMILES string of the molecule is O=C1N[C@@H](c2ccc(OCc3cccc4ccccc34)cc2)Nc2ccccc21. The zero-order valence-corrected chi connectivity index (χ0v) is 15.8. The quantitative estimate of drug-likeness (QED) is 0.507. The Balaban J connectivity index is 1.30. The van der Waals surface area contributed by atoms with Crippen LogP contribution in [0.3, 0.4) is 0 Å². The fourth-order valence-electron chi connectivity index (χ4n) is 3.71. The van der Waals surface area contributed by atoms with E-state index in [1.165, 1.54) is 10.8 Å².